The maximum atomic E-state index is 14.3. The Morgan fingerprint density at radius 2 is 1.73 bits per heavy atom. The van der Waals surface area contributed by atoms with Crippen LogP contribution in [0.15, 0.2) is 12.1 Å². The van der Waals surface area contributed by atoms with Gasteiger partial charge in [0.25, 0.3) is 0 Å². The molecule has 0 heterocycles. The van der Waals surface area contributed by atoms with Gasteiger partial charge in [-0.2, -0.15) is 0 Å². The highest BCUT2D eigenvalue weighted by atomic mass is 19.4. The molecule has 1 aromatic rings. The van der Waals surface area contributed by atoms with Crippen LogP contribution in [0.25, 0.3) is 0 Å². The van der Waals surface area contributed by atoms with Crippen molar-refractivity contribution >= 4 is 0 Å². The third-order valence-corrected chi connectivity index (χ3v) is 4.28. The highest BCUT2D eigenvalue weighted by Gasteiger charge is 2.37. The third kappa shape index (κ3) is 3.65. The predicted octanol–water partition coefficient (Wildman–Crippen LogP) is 5.17. The van der Waals surface area contributed by atoms with Gasteiger partial charge < -0.3 is 9.47 Å². The minimum atomic E-state index is -4.94. The van der Waals surface area contributed by atoms with Crippen LogP contribution in [-0.4, -0.2) is 13.0 Å². The first kappa shape index (κ1) is 15.4. The molecule has 2 aliphatic carbocycles. The van der Waals surface area contributed by atoms with E-state index in [1.165, 1.54) is 12.1 Å². The summed E-state index contributed by atoms with van der Waals surface area (Å²) < 4.78 is 61.3. The summed E-state index contributed by atoms with van der Waals surface area (Å²) >= 11 is 0. The van der Waals surface area contributed by atoms with Crippen LogP contribution in [0.1, 0.15) is 50.0 Å². The molecule has 3 rings (SSSR count). The van der Waals surface area contributed by atoms with Gasteiger partial charge in [0, 0.05) is 0 Å². The Balaban J connectivity index is 1.81. The molecule has 22 heavy (non-hydrogen) atoms. The minimum Gasteiger partial charge on any atom is -0.489 e. The lowest BCUT2D eigenvalue weighted by atomic mass is 10.1. The molecule has 1 aromatic carbocycles. The van der Waals surface area contributed by atoms with E-state index in [2.05, 4.69) is 4.74 Å². The number of rotatable bonds is 5. The molecular formula is C16H18F4O2. The molecule has 0 amide bonds. The lowest BCUT2D eigenvalue weighted by Gasteiger charge is -2.18. The van der Waals surface area contributed by atoms with Crippen LogP contribution >= 0.6 is 0 Å². The van der Waals surface area contributed by atoms with Crippen molar-refractivity contribution in [3.05, 3.63) is 23.5 Å². The maximum absolute atomic E-state index is 14.3. The molecule has 2 nitrogen and oxygen atoms in total. The Labute approximate surface area is 126 Å². The Morgan fingerprint density at radius 3 is 2.32 bits per heavy atom. The Kier molecular flexibility index (Phi) is 4.19. The van der Waals surface area contributed by atoms with Crippen molar-refractivity contribution in [2.24, 2.45) is 5.92 Å². The number of alkyl halides is 3. The van der Waals surface area contributed by atoms with Crippen molar-refractivity contribution in [2.75, 3.05) is 6.61 Å². The summed E-state index contributed by atoms with van der Waals surface area (Å²) in [6.07, 6.45) is 0.865. The fourth-order valence-corrected chi connectivity index (χ4v) is 2.97. The van der Waals surface area contributed by atoms with E-state index in [9.17, 15) is 17.6 Å². The van der Waals surface area contributed by atoms with E-state index in [0.29, 0.717) is 12.5 Å². The van der Waals surface area contributed by atoms with E-state index < -0.39 is 17.9 Å². The Morgan fingerprint density at radius 1 is 1.05 bits per heavy atom. The summed E-state index contributed by atoms with van der Waals surface area (Å²) in [5.41, 5.74) is 0.285. The molecule has 0 unspecified atom stereocenters. The van der Waals surface area contributed by atoms with Crippen LogP contribution in [0, 0.1) is 11.7 Å². The first-order valence-electron chi connectivity index (χ1n) is 7.65. The van der Waals surface area contributed by atoms with Gasteiger partial charge in [0.05, 0.1) is 6.61 Å². The first-order chi connectivity index (χ1) is 10.4. The molecule has 2 fully saturated rings. The monoisotopic (exact) mass is 318 g/mol. The highest BCUT2D eigenvalue weighted by molar-refractivity contribution is 5.46. The molecule has 0 bridgehead atoms. The van der Waals surface area contributed by atoms with Gasteiger partial charge in [-0.25, -0.2) is 4.39 Å². The summed E-state index contributed by atoms with van der Waals surface area (Å²) in [7, 11) is 0. The Bertz CT molecular complexity index is 532. The molecule has 0 saturated heterocycles. The zero-order valence-corrected chi connectivity index (χ0v) is 12.1. The largest absolute Gasteiger partial charge is 0.573 e. The van der Waals surface area contributed by atoms with Gasteiger partial charge in [0.1, 0.15) is 0 Å². The minimum absolute atomic E-state index is 0.000495. The highest BCUT2D eigenvalue weighted by Crippen LogP contribution is 2.46. The molecule has 122 valence electrons. The van der Waals surface area contributed by atoms with Crippen molar-refractivity contribution in [1.29, 1.82) is 0 Å². The van der Waals surface area contributed by atoms with Gasteiger partial charge in [-0.3, -0.25) is 0 Å². The lowest BCUT2D eigenvalue weighted by molar-refractivity contribution is -0.276. The van der Waals surface area contributed by atoms with Crippen LogP contribution in [0.3, 0.4) is 0 Å². The SMILES string of the molecule is Fc1c(C2CC2)ccc(OCC2CCCC2)c1OC(F)(F)F. The van der Waals surface area contributed by atoms with Crippen LogP contribution in [0.2, 0.25) is 0 Å². The van der Waals surface area contributed by atoms with Gasteiger partial charge in [0.15, 0.2) is 11.6 Å². The van der Waals surface area contributed by atoms with Crippen LogP contribution in [-0.2, 0) is 0 Å². The molecule has 0 N–H and O–H groups in total. The van der Waals surface area contributed by atoms with Crippen LogP contribution in [0.5, 0.6) is 11.5 Å². The van der Waals surface area contributed by atoms with Crippen LogP contribution < -0.4 is 9.47 Å². The molecule has 2 aliphatic rings. The van der Waals surface area contributed by atoms with E-state index >= 15 is 0 Å². The molecule has 0 aliphatic heterocycles. The number of ether oxygens (including phenoxy) is 2. The number of benzene rings is 1. The van der Waals surface area contributed by atoms with Crippen molar-refractivity contribution < 1.29 is 27.0 Å². The molecule has 0 spiro atoms. The second-order valence-corrected chi connectivity index (χ2v) is 6.08. The summed E-state index contributed by atoms with van der Waals surface area (Å²) in [5, 5.41) is 0. The predicted molar refractivity (Wildman–Crippen MR) is 72.5 cm³/mol. The van der Waals surface area contributed by atoms with E-state index in [0.717, 1.165) is 38.5 Å². The van der Waals surface area contributed by atoms with Crippen molar-refractivity contribution in [1.82, 2.24) is 0 Å². The zero-order valence-electron chi connectivity index (χ0n) is 12.1. The van der Waals surface area contributed by atoms with E-state index in [4.69, 9.17) is 4.74 Å². The van der Waals surface area contributed by atoms with Gasteiger partial charge in [0.2, 0.25) is 5.75 Å². The van der Waals surface area contributed by atoms with E-state index in [-0.39, 0.29) is 17.2 Å². The van der Waals surface area contributed by atoms with E-state index in [1.807, 2.05) is 0 Å². The van der Waals surface area contributed by atoms with Crippen LogP contribution in [0.4, 0.5) is 17.6 Å². The smallest absolute Gasteiger partial charge is 0.489 e. The maximum Gasteiger partial charge on any atom is 0.573 e. The normalized spacial score (nSPS) is 19.5. The number of hydrogen-bond donors (Lipinski definition) is 0. The molecule has 0 radical (unpaired) electrons. The van der Waals surface area contributed by atoms with Gasteiger partial charge in [-0.05, 0) is 49.1 Å². The molecular weight excluding hydrogens is 300 g/mol. The summed E-state index contributed by atoms with van der Waals surface area (Å²) in [5.74, 6) is -1.60. The third-order valence-electron chi connectivity index (χ3n) is 4.28. The van der Waals surface area contributed by atoms with E-state index in [1.54, 1.807) is 0 Å². The standard InChI is InChI=1S/C16H18F4O2/c17-14-12(11-5-6-11)7-8-13(15(14)22-16(18,19)20)21-9-10-3-1-2-4-10/h7-8,10-11H,1-6,9H2. The zero-order chi connectivity index (χ0) is 15.7. The lowest BCUT2D eigenvalue weighted by Crippen LogP contribution is -2.19. The molecule has 6 heteroatoms. The summed E-state index contributed by atoms with van der Waals surface area (Å²) in [4.78, 5) is 0. The second kappa shape index (κ2) is 5.97. The van der Waals surface area contributed by atoms with Gasteiger partial charge >= 0.3 is 6.36 Å². The van der Waals surface area contributed by atoms with Gasteiger partial charge in [-0.1, -0.05) is 18.9 Å². The molecule has 0 aromatic heterocycles. The van der Waals surface area contributed by atoms with Crippen molar-refractivity contribution in [2.45, 2.75) is 50.8 Å². The fraction of sp³-hybridized carbons (Fsp3) is 0.625. The topological polar surface area (TPSA) is 18.5 Å². The molecule has 2 saturated carbocycles. The van der Waals surface area contributed by atoms with Gasteiger partial charge in [-0.15, -0.1) is 13.2 Å². The number of halogens is 4. The quantitative estimate of drug-likeness (QED) is 0.697. The second-order valence-electron chi connectivity index (χ2n) is 6.08. The number of hydrogen-bond acceptors (Lipinski definition) is 2. The summed E-state index contributed by atoms with van der Waals surface area (Å²) in [6, 6.07) is 2.91. The average Bonchev–Trinajstić information content (AvgIpc) is 3.14. The average molecular weight is 318 g/mol. The van der Waals surface area contributed by atoms with Crippen molar-refractivity contribution in [3.63, 3.8) is 0 Å². The first-order valence-corrected chi connectivity index (χ1v) is 7.65. The summed E-state index contributed by atoms with van der Waals surface area (Å²) in [6.45, 7) is 0.302. The Hall–Kier alpha value is -1.46. The molecule has 0 atom stereocenters. The fourth-order valence-electron chi connectivity index (χ4n) is 2.97. The van der Waals surface area contributed by atoms with Crippen molar-refractivity contribution in [3.8, 4) is 11.5 Å².